The van der Waals surface area contributed by atoms with Gasteiger partial charge in [-0.3, -0.25) is 9.59 Å². The molecule has 250 valence electrons. The zero-order valence-electron chi connectivity index (χ0n) is 28.4. The van der Waals surface area contributed by atoms with Crippen molar-refractivity contribution in [1.29, 1.82) is 0 Å². The molecule has 3 aliphatic heterocycles. The van der Waals surface area contributed by atoms with Crippen molar-refractivity contribution in [2.45, 2.75) is 103 Å². The number of ether oxygens (including phenoxy) is 2. The van der Waals surface area contributed by atoms with E-state index in [-0.39, 0.29) is 42.1 Å². The number of amides is 2. The van der Waals surface area contributed by atoms with E-state index in [0.29, 0.717) is 16.8 Å². The van der Waals surface area contributed by atoms with Crippen LogP contribution in [0, 0.1) is 5.41 Å². The number of imidazole rings is 1. The second-order valence-corrected chi connectivity index (χ2v) is 14.3. The maximum Gasteiger partial charge on any atom is 0.254 e. The fourth-order valence-electron chi connectivity index (χ4n) is 8.27. The van der Waals surface area contributed by atoms with E-state index >= 15 is 0 Å². The molecule has 4 aromatic rings. The number of aromatic nitrogens is 4. The molecule has 6 heterocycles. The Kier molecular flexibility index (Phi) is 8.03. The second-order valence-electron chi connectivity index (χ2n) is 14.3. The van der Waals surface area contributed by atoms with Gasteiger partial charge in [-0.05, 0) is 83.2 Å². The lowest BCUT2D eigenvalue weighted by Gasteiger charge is -2.33. The van der Waals surface area contributed by atoms with E-state index in [1.807, 2.05) is 50.9 Å². The summed E-state index contributed by atoms with van der Waals surface area (Å²) in [6.07, 6.45) is 6.31. The molecule has 0 spiro atoms. The predicted octanol–water partition coefficient (Wildman–Crippen LogP) is 5.10. The average molecular weight is 642 g/mol. The third kappa shape index (κ3) is 5.18. The zero-order chi connectivity index (χ0) is 33.2. The van der Waals surface area contributed by atoms with Crippen LogP contribution in [0.3, 0.4) is 0 Å². The molecule has 0 aliphatic carbocycles. The fraction of sp³-hybridized carbons (Fsp3) is 0.556. The molecule has 11 nitrogen and oxygen atoms in total. The van der Waals surface area contributed by atoms with Crippen molar-refractivity contribution in [3.8, 4) is 17.3 Å². The first-order valence-electron chi connectivity index (χ1n) is 17.0. The van der Waals surface area contributed by atoms with Crippen LogP contribution in [-0.2, 0) is 23.1 Å². The Morgan fingerprint density at radius 1 is 1.06 bits per heavy atom. The van der Waals surface area contributed by atoms with Crippen LogP contribution in [0.15, 0.2) is 30.3 Å². The van der Waals surface area contributed by atoms with Gasteiger partial charge >= 0.3 is 0 Å². The van der Waals surface area contributed by atoms with Crippen LogP contribution in [0.5, 0.6) is 5.75 Å². The predicted molar refractivity (Wildman–Crippen MR) is 181 cm³/mol. The number of fused-ring (bicyclic) bond motifs is 4. The van der Waals surface area contributed by atoms with Crippen molar-refractivity contribution in [3.05, 3.63) is 41.6 Å². The molecule has 2 fully saturated rings. The Bertz CT molecular complexity index is 1860. The molecule has 2 amide bonds. The van der Waals surface area contributed by atoms with Gasteiger partial charge in [0.05, 0.1) is 41.6 Å². The summed E-state index contributed by atoms with van der Waals surface area (Å²) in [5.41, 5.74) is 10.4. The van der Waals surface area contributed by atoms with E-state index in [0.717, 1.165) is 85.3 Å². The molecule has 3 aliphatic rings. The van der Waals surface area contributed by atoms with E-state index < -0.39 is 5.41 Å². The molecule has 2 saturated heterocycles. The van der Waals surface area contributed by atoms with Crippen LogP contribution in [0.1, 0.15) is 87.8 Å². The Balaban J connectivity index is 1.30. The van der Waals surface area contributed by atoms with Crippen LogP contribution < -0.4 is 15.8 Å². The molecular formula is C36H47N7O4. The van der Waals surface area contributed by atoms with Crippen molar-refractivity contribution in [2.24, 2.45) is 18.2 Å². The highest BCUT2D eigenvalue weighted by molar-refractivity contribution is 6.00. The summed E-state index contributed by atoms with van der Waals surface area (Å²) < 4.78 is 16.0. The van der Waals surface area contributed by atoms with Gasteiger partial charge in [0.1, 0.15) is 16.9 Å². The number of hydrogen-bond acceptors (Lipinski definition) is 7. The minimum Gasteiger partial charge on any atom is -0.494 e. The lowest BCUT2D eigenvalue weighted by Crippen LogP contribution is -2.46. The number of aryl methyl sites for hydroxylation is 2. The maximum absolute atomic E-state index is 13.8. The summed E-state index contributed by atoms with van der Waals surface area (Å²) in [5.74, 6) is 1.34. The first-order valence-corrected chi connectivity index (χ1v) is 17.0. The molecule has 0 saturated carbocycles. The third-order valence-electron chi connectivity index (χ3n) is 11.0. The van der Waals surface area contributed by atoms with Gasteiger partial charge in [-0.1, -0.05) is 12.8 Å². The van der Waals surface area contributed by atoms with Gasteiger partial charge in [-0.25, -0.2) is 9.97 Å². The number of methoxy groups -OCH3 is 2. The molecule has 7 rings (SSSR count). The topological polar surface area (TPSA) is 130 Å². The average Bonchev–Trinajstić information content (AvgIpc) is 3.80. The molecule has 11 heteroatoms. The summed E-state index contributed by atoms with van der Waals surface area (Å²) in [7, 11) is 5.32. The van der Waals surface area contributed by atoms with Crippen LogP contribution in [0.25, 0.3) is 33.6 Å². The third-order valence-corrected chi connectivity index (χ3v) is 11.0. The van der Waals surface area contributed by atoms with Crippen molar-refractivity contribution >= 4 is 33.9 Å². The SMILES string of the molecule is COc1cc(C(=O)N2[C@H]3CC[C@@H]2[C@H](N)C3)cc2nc(-c3cc4ccc5nc4n3CCCCC[C@H](OC)C(C)(C)C(=O)N[C@@H]5C)n(C)c12. The summed E-state index contributed by atoms with van der Waals surface area (Å²) in [4.78, 5) is 39.5. The highest BCUT2D eigenvalue weighted by Gasteiger charge is 2.47. The normalized spacial score (nSPS) is 26.2. The Hall–Kier alpha value is -3.96. The van der Waals surface area contributed by atoms with Crippen LogP contribution in [0.2, 0.25) is 0 Å². The van der Waals surface area contributed by atoms with E-state index in [9.17, 15) is 9.59 Å². The Morgan fingerprint density at radius 3 is 2.57 bits per heavy atom. The van der Waals surface area contributed by atoms with Crippen molar-refractivity contribution in [2.75, 3.05) is 14.2 Å². The number of nitrogens with one attached hydrogen (secondary N) is 1. The van der Waals surface area contributed by atoms with Crippen molar-refractivity contribution in [3.63, 3.8) is 0 Å². The van der Waals surface area contributed by atoms with E-state index in [1.165, 1.54) is 0 Å². The van der Waals surface area contributed by atoms with Gasteiger partial charge in [0.15, 0.2) is 5.82 Å². The monoisotopic (exact) mass is 641 g/mol. The van der Waals surface area contributed by atoms with E-state index in [1.54, 1.807) is 14.2 Å². The minimum absolute atomic E-state index is 0.00262. The molecule has 1 aromatic carbocycles. The molecule has 47 heavy (non-hydrogen) atoms. The van der Waals surface area contributed by atoms with Gasteiger partial charge in [-0.15, -0.1) is 0 Å². The van der Waals surface area contributed by atoms with Gasteiger partial charge < -0.3 is 34.6 Å². The number of nitrogens with zero attached hydrogens (tertiary/aromatic N) is 5. The lowest BCUT2D eigenvalue weighted by atomic mass is 9.82. The highest BCUT2D eigenvalue weighted by Crippen LogP contribution is 2.40. The summed E-state index contributed by atoms with van der Waals surface area (Å²) >= 11 is 0. The van der Waals surface area contributed by atoms with E-state index in [2.05, 4.69) is 26.6 Å². The molecular weight excluding hydrogens is 594 g/mol. The smallest absolute Gasteiger partial charge is 0.254 e. The highest BCUT2D eigenvalue weighted by atomic mass is 16.5. The number of benzene rings is 1. The summed E-state index contributed by atoms with van der Waals surface area (Å²) in [5, 5.41) is 4.20. The van der Waals surface area contributed by atoms with E-state index in [4.69, 9.17) is 25.2 Å². The Labute approximate surface area is 275 Å². The minimum atomic E-state index is -0.669. The standard InChI is InChI=1S/C36H47N7O4/c1-20-25-13-11-21-17-28(42(32(21)39-25)15-9-7-8-10-30(47-6)36(2,3)35(45)38-20)33-40-26-16-22(18-29(46-5)31(26)41(33)4)34(44)43-23-12-14-27(43)24(37)19-23/h11,13,16-18,20,23-24,27,30H,7-10,12,14-15,19,37H2,1-6H3,(H,38,45)/t20-,23+,24-,27-,30+/m1/s1. The van der Waals surface area contributed by atoms with Crippen molar-refractivity contribution < 1.29 is 19.1 Å². The summed E-state index contributed by atoms with van der Waals surface area (Å²) in [6, 6.07) is 9.99. The number of hydrogen-bond donors (Lipinski definition) is 2. The number of carbonyl (C=O) groups is 2. The quantitative estimate of drug-likeness (QED) is 0.317. The Morgan fingerprint density at radius 2 is 1.87 bits per heavy atom. The van der Waals surface area contributed by atoms with Gasteiger partial charge in [-0.2, -0.15) is 0 Å². The first-order chi connectivity index (χ1) is 22.5. The molecule has 5 atom stereocenters. The molecule has 3 N–H and O–H groups in total. The first kappa shape index (κ1) is 31.6. The molecule has 0 radical (unpaired) electrons. The van der Waals surface area contributed by atoms with Gasteiger partial charge in [0.2, 0.25) is 5.91 Å². The fourth-order valence-corrected chi connectivity index (χ4v) is 8.27. The number of nitrogens with two attached hydrogens (primary N) is 1. The van der Waals surface area contributed by atoms with Crippen LogP contribution >= 0.6 is 0 Å². The second kappa shape index (κ2) is 11.9. The van der Waals surface area contributed by atoms with Gasteiger partial charge in [0, 0.05) is 49.8 Å². The van der Waals surface area contributed by atoms with Crippen molar-refractivity contribution in [1.82, 2.24) is 29.3 Å². The van der Waals surface area contributed by atoms with Gasteiger partial charge in [0.25, 0.3) is 5.91 Å². The largest absolute Gasteiger partial charge is 0.494 e. The van der Waals surface area contributed by atoms with Crippen LogP contribution in [0.4, 0.5) is 0 Å². The lowest BCUT2D eigenvalue weighted by molar-refractivity contribution is -0.138. The molecule has 0 unspecified atom stereocenters. The number of carbonyl (C=O) groups excluding carboxylic acids is 2. The summed E-state index contributed by atoms with van der Waals surface area (Å²) in [6.45, 7) is 6.65. The van der Waals surface area contributed by atoms with Crippen LogP contribution in [-0.4, -0.2) is 74.3 Å². The zero-order valence-corrected chi connectivity index (χ0v) is 28.4. The molecule has 3 aromatic heterocycles. The maximum atomic E-state index is 13.8. The number of rotatable bonds is 4. The molecule has 4 bridgehead atoms. The number of pyridine rings is 1.